The summed E-state index contributed by atoms with van der Waals surface area (Å²) in [6.45, 7) is 2.18. The number of ether oxygens (including phenoxy) is 1. The minimum Gasteiger partial charge on any atom is -0.480 e. The molecule has 0 bridgehead atoms. The number of hydrogen-bond donors (Lipinski definition) is 1. The second-order valence-electron chi connectivity index (χ2n) is 4.07. The van der Waals surface area contributed by atoms with Crippen molar-refractivity contribution in [1.82, 2.24) is 20.1 Å². The van der Waals surface area contributed by atoms with Gasteiger partial charge < -0.3 is 15.0 Å². The lowest BCUT2D eigenvalue weighted by atomic mass is 10.1. The van der Waals surface area contributed by atoms with E-state index in [1.54, 1.807) is 7.11 Å². The number of anilines is 1. The van der Waals surface area contributed by atoms with E-state index in [9.17, 15) is 0 Å². The van der Waals surface area contributed by atoms with Crippen molar-refractivity contribution >= 4 is 5.95 Å². The molecule has 2 heterocycles. The van der Waals surface area contributed by atoms with Gasteiger partial charge in [-0.15, -0.1) is 10.2 Å². The summed E-state index contributed by atoms with van der Waals surface area (Å²) < 4.78 is 5.00. The fourth-order valence-electron chi connectivity index (χ4n) is 1.91. The maximum atomic E-state index is 5.00. The second-order valence-corrected chi connectivity index (χ2v) is 4.07. The van der Waals surface area contributed by atoms with Crippen molar-refractivity contribution in [3.8, 4) is 5.88 Å². The fourth-order valence-corrected chi connectivity index (χ4v) is 1.91. The SMILES string of the molecule is COc1cnnc(NC2CCCN(C)C2)n1. The van der Waals surface area contributed by atoms with Crippen LogP contribution < -0.4 is 10.1 Å². The zero-order valence-electron chi connectivity index (χ0n) is 9.68. The van der Waals surface area contributed by atoms with Crippen LogP contribution in [0.2, 0.25) is 0 Å². The van der Waals surface area contributed by atoms with Crippen molar-refractivity contribution < 1.29 is 4.74 Å². The Labute approximate surface area is 95.0 Å². The highest BCUT2D eigenvalue weighted by Crippen LogP contribution is 2.13. The summed E-state index contributed by atoms with van der Waals surface area (Å²) >= 11 is 0. The van der Waals surface area contributed by atoms with Crippen molar-refractivity contribution in [3.05, 3.63) is 6.20 Å². The van der Waals surface area contributed by atoms with E-state index in [0.717, 1.165) is 19.5 Å². The molecule has 16 heavy (non-hydrogen) atoms. The first kappa shape index (κ1) is 11.1. The summed E-state index contributed by atoms with van der Waals surface area (Å²) in [4.78, 5) is 6.49. The molecule has 0 amide bonds. The molecular formula is C10H17N5O. The van der Waals surface area contributed by atoms with E-state index in [-0.39, 0.29) is 0 Å². The van der Waals surface area contributed by atoms with Gasteiger partial charge in [0.1, 0.15) is 6.20 Å². The molecule has 1 unspecified atom stereocenters. The molecule has 1 atom stereocenters. The summed E-state index contributed by atoms with van der Waals surface area (Å²) in [7, 11) is 3.70. The number of piperidine rings is 1. The predicted molar refractivity (Wildman–Crippen MR) is 60.5 cm³/mol. The first-order valence-electron chi connectivity index (χ1n) is 5.46. The third-order valence-electron chi connectivity index (χ3n) is 2.70. The number of aromatic nitrogens is 3. The first-order chi connectivity index (χ1) is 7.78. The van der Waals surface area contributed by atoms with Crippen LogP contribution in [0.4, 0.5) is 5.95 Å². The molecular weight excluding hydrogens is 206 g/mol. The van der Waals surface area contributed by atoms with Crippen molar-refractivity contribution in [1.29, 1.82) is 0 Å². The lowest BCUT2D eigenvalue weighted by Crippen LogP contribution is -2.40. The van der Waals surface area contributed by atoms with Gasteiger partial charge in [0.15, 0.2) is 0 Å². The van der Waals surface area contributed by atoms with E-state index in [2.05, 4.69) is 32.4 Å². The minimum atomic E-state index is 0.396. The van der Waals surface area contributed by atoms with E-state index in [0.29, 0.717) is 17.9 Å². The van der Waals surface area contributed by atoms with Crippen LogP contribution in [0.25, 0.3) is 0 Å². The van der Waals surface area contributed by atoms with E-state index in [1.165, 1.54) is 12.6 Å². The number of rotatable bonds is 3. The monoisotopic (exact) mass is 223 g/mol. The van der Waals surface area contributed by atoms with Gasteiger partial charge in [0, 0.05) is 12.6 Å². The van der Waals surface area contributed by atoms with E-state index in [1.807, 2.05) is 0 Å². The molecule has 1 aromatic rings. The lowest BCUT2D eigenvalue weighted by molar-refractivity contribution is 0.260. The molecule has 1 N–H and O–H groups in total. The van der Waals surface area contributed by atoms with Gasteiger partial charge in [-0.25, -0.2) is 0 Å². The second kappa shape index (κ2) is 5.07. The maximum Gasteiger partial charge on any atom is 0.246 e. The van der Waals surface area contributed by atoms with Gasteiger partial charge in [-0.05, 0) is 26.4 Å². The molecule has 0 radical (unpaired) electrons. The molecule has 1 aliphatic rings. The molecule has 1 aliphatic heterocycles. The zero-order valence-corrected chi connectivity index (χ0v) is 9.68. The van der Waals surface area contributed by atoms with Crippen molar-refractivity contribution in [3.63, 3.8) is 0 Å². The largest absolute Gasteiger partial charge is 0.480 e. The summed E-state index contributed by atoms with van der Waals surface area (Å²) in [5.41, 5.74) is 0. The maximum absolute atomic E-state index is 5.00. The van der Waals surface area contributed by atoms with Crippen LogP contribution in [-0.4, -0.2) is 53.4 Å². The first-order valence-corrected chi connectivity index (χ1v) is 5.46. The standard InChI is InChI=1S/C10H17N5O/c1-15-5-3-4-8(7-15)12-10-13-9(16-2)6-11-14-10/h6,8H,3-5,7H2,1-2H3,(H,12,13,14). The molecule has 6 heteroatoms. The van der Waals surface area contributed by atoms with Crippen molar-refractivity contribution in [2.45, 2.75) is 18.9 Å². The van der Waals surface area contributed by atoms with Crippen LogP contribution in [-0.2, 0) is 0 Å². The Hall–Kier alpha value is -1.43. The molecule has 1 aromatic heterocycles. The number of hydrogen-bond acceptors (Lipinski definition) is 6. The Kier molecular flexibility index (Phi) is 3.51. The number of methoxy groups -OCH3 is 1. The average Bonchev–Trinajstić information content (AvgIpc) is 2.29. The summed E-state index contributed by atoms with van der Waals surface area (Å²) in [6, 6.07) is 0.396. The quantitative estimate of drug-likeness (QED) is 0.799. The third kappa shape index (κ3) is 2.79. The minimum absolute atomic E-state index is 0.396. The van der Waals surface area contributed by atoms with Crippen LogP contribution in [0.1, 0.15) is 12.8 Å². The van der Waals surface area contributed by atoms with Crippen molar-refractivity contribution in [2.24, 2.45) is 0 Å². The van der Waals surface area contributed by atoms with Gasteiger partial charge in [-0.2, -0.15) is 4.98 Å². The van der Waals surface area contributed by atoms with Gasteiger partial charge in [0.25, 0.3) is 0 Å². The number of nitrogens with zero attached hydrogens (tertiary/aromatic N) is 4. The zero-order chi connectivity index (χ0) is 11.4. The van der Waals surface area contributed by atoms with Gasteiger partial charge in [-0.1, -0.05) is 0 Å². The highest BCUT2D eigenvalue weighted by Gasteiger charge is 2.17. The molecule has 0 aromatic carbocycles. The van der Waals surface area contributed by atoms with E-state index in [4.69, 9.17) is 4.74 Å². The molecule has 1 saturated heterocycles. The molecule has 0 saturated carbocycles. The van der Waals surface area contributed by atoms with Crippen LogP contribution in [0.5, 0.6) is 5.88 Å². The van der Waals surface area contributed by atoms with E-state index >= 15 is 0 Å². The average molecular weight is 223 g/mol. The Morgan fingerprint density at radius 2 is 2.44 bits per heavy atom. The van der Waals surface area contributed by atoms with Crippen LogP contribution in [0.3, 0.4) is 0 Å². The summed E-state index contributed by atoms with van der Waals surface area (Å²) in [5.74, 6) is 1.03. The van der Waals surface area contributed by atoms with Crippen LogP contribution in [0.15, 0.2) is 6.20 Å². The smallest absolute Gasteiger partial charge is 0.246 e. The van der Waals surface area contributed by atoms with Crippen molar-refractivity contribution in [2.75, 3.05) is 32.6 Å². The van der Waals surface area contributed by atoms with Gasteiger partial charge in [0.05, 0.1) is 7.11 Å². The highest BCUT2D eigenvalue weighted by molar-refractivity contribution is 5.26. The fraction of sp³-hybridized carbons (Fsp3) is 0.700. The number of nitrogens with one attached hydrogen (secondary N) is 1. The molecule has 6 nitrogen and oxygen atoms in total. The Morgan fingerprint density at radius 3 is 3.19 bits per heavy atom. The lowest BCUT2D eigenvalue weighted by Gasteiger charge is -2.29. The normalized spacial score (nSPS) is 21.8. The Bertz CT molecular complexity index is 346. The van der Waals surface area contributed by atoms with Crippen LogP contribution in [0, 0.1) is 0 Å². The molecule has 0 aliphatic carbocycles. The number of likely N-dealkylation sites (N-methyl/N-ethyl adjacent to an activating group) is 1. The predicted octanol–water partition coefficient (Wildman–Crippen LogP) is 0.386. The van der Waals surface area contributed by atoms with E-state index < -0.39 is 0 Å². The molecule has 0 spiro atoms. The molecule has 2 rings (SSSR count). The summed E-state index contributed by atoms with van der Waals surface area (Å²) in [6.07, 6.45) is 3.84. The topological polar surface area (TPSA) is 63.2 Å². The van der Waals surface area contributed by atoms with Crippen LogP contribution >= 0.6 is 0 Å². The highest BCUT2D eigenvalue weighted by atomic mass is 16.5. The Balaban J connectivity index is 1.97. The summed E-state index contributed by atoms with van der Waals surface area (Å²) in [5, 5.41) is 11.0. The third-order valence-corrected chi connectivity index (χ3v) is 2.70. The van der Waals surface area contributed by atoms with Gasteiger partial charge >= 0.3 is 0 Å². The van der Waals surface area contributed by atoms with Gasteiger partial charge in [0.2, 0.25) is 11.8 Å². The number of likely N-dealkylation sites (tertiary alicyclic amines) is 1. The molecule has 1 fully saturated rings. The molecule has 88 valence electrons. The Morgan fingerprint density at radius 1 is 1.56 bits per heavy atom. The van der Waals surface area contributed by atoms with Gasteiger partial charge in [-0.3, -0.25) is 0 Å².